The zero-order valence-electron chi connectivity index (χ0n) is 7.76. The van der Waals surface area contributed by atoms with E-state index in [4.69, 9.17) is 28.9 Å². The number of hydrogen-bond donors (Lipinski definition) is 1. The molecule has 0 atom stereocenters. The van der Waals surface area contributed by atoms with E-state index in [1.165, 1.54) is 11.1 Å². The summed E-state index contributed by atoms with van der Waals surface area (Å²) in [4.78, 5) is 1.14. The van der Waals surface area contributed by atoms with E-state index in [0.29, 0.717) is 10.8 Å². The van der Waals surface area contributed by atoms with Crippen LogP contribution in [0.5, 0.6) is 0 Å². The van der Waals surface area contributed by atoms with Gasteiger partial charge in [-0.2, -0.15) is 0 Å². The molecule has 0 saturated heterocycles. The Hall–Kier alpha value is -0.310. The van der Waals surface area contributed by atoms with Crippen LogP contribution in [0.4, 0.5) is 5.69 Å². The highest BCUT2D eigenvalue weighted by Crippen LogP contribution is 2.27. The van der Waals surface area contributed by atoms with Crippen molar-refractivity contribution in [2.45, 2.75) is 11.8 Å². The summed E-state index contributed by atoms with van der Waals surface area (Å²) in [6.07, 6.45) is 0. The van der Waals surface area contributed by atoms with Crippen molar-refractivity contribution < 1.29 is 0 Å². The van der Waals surface area contributed by atoms with E-state index in [1.54, 1.807) is 11.8 Å². The first-order chi connectivity index (χ1) is 6.63. The minimum atomic E-state index is 0.637. The van der Waals surface area contributed by atoms with Gasteiger partial charge in [-0.25, -0.2) is 0 Å². The van der Waals surface area contributed by atoms with Crippen molar-refractivity contribution in [3.05, 3.63) is 34.3 Å². The fraction of sp³-hybridized carbons (Fsp3) is 0.200. The molecule has 1 rings (SSSR count). The fourth-order valence-corrected chi connectivity index (χ4v) is 2.17. The van der Waals surface area contributed by atoms with Crippen molar-refractivity contribution in [1.29, 1.82) is 0 Å². The summed E-state index contributed by atoms with van der Waals surface area (Å²) < 4.78 is 0. The predicted octanol–water partition coefficient (Wildman–Crippen LogP) is 3.99. The molecule has 0 radical (unpaired) electrons. The lowest BCUT2D eigenvalue weighted by atomic mass is 10.2. The molecule has 0 aliphatic rings. The largest absolute Gasteiger partial charge is 0.399 e. The molecule has 0 saturated carbocycles. The maximum atomic E-state index is 5.78. The van der Waals surface area contributed by atoms with Gasteiger partial charge in [-0.15, -0.1) is 11.8 Å². The van der Waals surface area contributed by atoms with E-state index in [0.717, 1.165) is 10.6 Å². The van der Waals surface area contributed by atoms with Gasteiger partial charge in [-0.1, -0.05) is 29.3 Å². The lowest BCUT2D eigenvalue weighted by Crippen LogP contribution is -1.88. The van der Waals surface area contributed by atoms with Gasteiger partial charge in [0.05, 0.1) is 0 Å². The molecule has 0 aliphatic carbocycles. The third-order valence-electron chi connectivity index (χ3n) is 1.70. The van der Waals surface area contributed by atoms with Gasteiger partial charge in [-0.3, -0.25) is 0 Å². The Balaban J connectivity index is 2.71. The van der Waals surface area contributed by atoms with Crippen LogP contribution >= 0.6 is 35.0 Å². The molecule has 0 aromatic heterocycles. The molecule has 1 aromatic rings. The number of rotatable bonds is 3. The molecule has 14 heavy (non-hydrogen) atoms. The number of benzene rings is 1. The molecular weight excluding hydrogens is 237 g/mol. The highest BCUT2D eigenvalue weighted by Gasteiger charge is 2.00. The third kappa shape index (κ3) is 3.45. The monoisotopic (exact) mass is 247 g/mol. The summed E-state index contributed by atoms with van der Waals surface area (Å²) in [5.74, 6) is 0.676. The van der Waals surface area contributed by atoms with Crippen LogP contribution in [0.15, 0.2) is 33.7 Å². The van der Waals surface area contributed by atoms with Crippen LogP contribution in [0.25, 0.3) is 0 Å². The maximum Gasteiger partial charge on any atom is 0.0396 e. The van der Waals surface area contributed by atoms with E-state index in [2.05, 4.69) is 0 Å². The van der Waals surface area contributed by atoms with Crippen LogP contribution < -0.4 is 5.73 Å². The first-order valence-electron chi connectivity index (χ1n) is 4.07. The molecule has 0 fully saturated rings. The maximum absolute atomic E-state index is 5.78. The summed E-state index contributed by atoms with van der Waals surface area (Å²) in [6, 6.07) is 5.83. The average Bonchev–Trinajstić information content (AvgIpc) is 2.19. The molecule has 1 nitrogen and oxygen atoms in total. The van der Waals surface area contributed by atoms with Gasteiger partial charge >= 0.3 is 0 Å². The molecule has 2 N–H and O–H groups in total. The minimum Gasteiger partial charge on any atom is -0.399 e. The third-order valence-corrected chi connectivity index (χ3v) is 3.68. The molecule has 0 aliphatic heterocycles. The van der Waals surface area contributed by atoms with Crippen molar-refractivity contribution in [3.63, 3.8) is 0 Å². The Kier molecular flexibility index (Phi) is 4.66. The lowest BCUT2D eigenvalue weighted by Gasteiger charge is -2.05. The van der Waals surface area contributed by atoms with Crippen LogP contribution in [0.1, 0.15) is 5.56 Å². The number of anilines is 1. The number of aryl methyl sites for hydroxylation is 1. The Morgan fingerprint density at radius 3 is 2.93 bits per heavy atom. The first-order valence-corrected chi connectivity index (χ1v) is 5.87. The Morgan fingerprint density at radius 1 is 1.57 bits per heavy atom. The smallest absolute Gasteiger partial charge is 0.0396 e. The molecule has 1 aromatic carbocycles. The highest BCUT2D eigenvalue weighted by atomic mass is 35.5. The summed E-state index contributed by atoms with van der Waals surface area (Å²) in [5, 5.41) is 0.637. The minimum absolute atomic E-state index is 0.637. The van der Waals surface area contributed by atoms with Crippen molar-refractivity contribution >= 4 is 40.7 Å². The molecule has 76 valence electrons. The van der Waals surface area contributed by atoms with Gasteiger partial charge < -0.3 is 5.73 Å². The van der Waals surface area contributed by atoms with Crippen molar-refractivity contribution in [2.75, 3.05) is 11.5 Å². The summed E-state index contributed by atoms with van der Waals surface area (Å²) in [7, 11) is 0. The summed E-state index contributed by atoms with van der Waals surface area (Å²) >= 11 is 12.9. The van der Waals surface area contributed by atoms with Gasteiger partial charge in [0.1, 0.15) is 0 Å². The molecule has 4 heteroatoms. The van der Waals surface area contributed by atoms with Crippen LogP contribution in [0.3, 0.4) is 0 Å². The number of thioether (sulfide) groups is 1. The molecule has 0 unspecified atom stereocenters. The van der Waals surface area contributed by atoms with E-state index in [9.17, 15) is 0 Å². The predicted molar refractivity (Wildman–Crippen MR) is 66.1 cm³/mol. The number of nitrogen functional groups attached to an aromatic ring is 1. The number of halogens is 2. The van der Waals surface area contributed by atoms with Crippen molar-refractivity contribution in [3.8, 4) is 0 Å². The van der Waals surface area contributed by atoms with Crippen LogP contribution in [0, 0.1) is 6.92 Å². The molecule has 0 bridgehead atoms. The second kappa shape index (κ2) is 5.54. The lowest BCUT2D eigenvalue weighted by molar-refractivity contribution is 1.30. The van der Waals surface area contributed by atoms with Gasteiger partial charge in [-0.05, 0) is 24.6 Å². The second-order valence-electron chi connectivity index (χ2n) is 2.87. The van der Waals surface area contributed by atoms with E-state index >= 15 is 0 Å². The molecule has 0 heterocycles. The zero-order chi connectivity index (χ0) is 10.6. The van der Waals surface area contributed by atoms with Crippen molar-refractivity contribution in [1.82, 2.24) is 0 Å². The Bertz CT molecular complexity index is 350. The van der Waals surface area contributed by atoms with Gasteiger partial charge in [0, 0.05) is 26.9 Å². The van der Waals surface area contributed by atoms with E-state index in [1.807, 2.05) is 25.1 Å². The Morgan fingerprint density at radius 2 is 2.29 bits per heavy atom. The second-order valence-corrected chi connectivity index (χ2v) is 4.59. The summed E-state index contributed by atoms with van der Waals surface area (Å²) in [6.45, 7) is 2.04. The number of nitrogens with two attached hydrogens (primary N) is 1. The average molecular weight is 248 g/mol. The summed E-state index contributed by atoms with van der Waals surface area (Å²) in [5.41, 5.74) is 9.03. The first kappa shape index (κ1) is 11.8. The van der Waals surface area contributed by atoms with Gasteiger partial charge in [0.2, 0.25) is 0 Å². The van der Waals surface area contributed by atoms with Crippen LogP contribution in [-0.4, -0.2) is 5.75 Å². The van der Waals surface area contributed by atoms with Crippen LogP contribution in [0.2, 0.25) is 0 Å². The highest BCUT2D eigenvalue weighted by molar-refractivity contribution is 7.99. The normalized spacial score (nSPS) is 11.8. The van der Waals surface area contributed by atoms with E-state index < -0.39 is 0 Å². The zero-order valence-corrected chi connectivity index (χ0v) is 10.1. The molecule has 0 spiro atoms. The van der Waals surface area contributed by atoms with Gasteiger partial charge in [0.15, 0.2) is 0 Å². The topological polar surface area (TPSA) is 26.0 Å². The molecular formula is C10H11Cl2NS. The number of hydrogen-bond acceptors (Lipinski definition) is 2. The Labute approximate surface area is 98.3 Å². The van der Waals surface area contributed by atoms with Crippen LogP contribution in [-0.2, 0) is 0 Å². The quantitative estimate of drug-likeness (QED) is 0.646. The fourth-order valence-electron chi connectivity index (χ4n) is 0.950. The van der Waals surface area contributed by atoms with Gasteiger partial charge in [0.25, 0.3) is 0 Å². The standard InChI is InChI=1S/C10H11Cl2NS/c1-7-2-3-9(13)4-10(7)14-6-8(12)5-11/h2-5H,6,13H2,1H3. The van der Waals surface area contributed by atoms with E-state index in [-0.39, 0.29) is 0 Å². The van der Waals surface area contributed by atoms with Crippen molar-refractivity contribution in [2.24, 2.45) is 0 Å². The SMILES string of the molecule is Cc1ccc(N)cc1SCC(Cl)=CCl. The molecule has 0 amide bonds.